The Morgan fingerprint density at radius 2 is 2.18 bits per heavy atom. The van der Waals surface area contributed by atoms with Gasteiger partial charge in [-0.15, -0.1) is 0 Å². The van der Waals surface area contributed by atoms with E-state index >= 15 is 0 Å². The van der Waals surface area contributed by atoms with Crippen LogP contribution >= 0.6 is 0 Å². The van der Waals surface area contributed by atoms with Crippen molar-refractivity contribution in [2.75, 3.05) is 26.7 Å². The van der Waals surface area contributed by atoms with E-state index in [0.29, 0.717) is 6.42 Å². The molecule has 1 saturated heterocycles. The maximum Gasteiger partial charge on any atom is 0.390 e. The Hall–Kier alpha value is -0.780. The molecule has 1 aliphatic rings. The number of hydrogen-bond donors (Lipinski definition) is 1. The van der Waals surface area contributed by atoms with Crippen molar-refractivity contribution < 1.29 is 18.0 Å². The molecule has 1 heterocycles. The maximum absolute atomic E-state index is 12.0. The molecule has 0 aromatic heterocycles. The normalized spacial score (nSPS) is 21.3. The second kappa shape index (κ2) is 6.23. The average Bonchev–Trinajstić information content (AvgIpc) is 2.26. The van der Waals surface area contributed by atoms with Crippen LogP contribution in [0.5, 0.6) is 0 Å². The monoisotopic (exact) mass is 252 g/mol. The Kier molecular flexibility index (Phi) is 5.24. The quantitative estimate of drug-likeness (QED) is 0.827. The molecule has 1 amide bonds. The van der Waals surface area contributed by atoms with Crippen LogP contribution in [0.2, 0.25) is 0 Å². The fraction of sp³-hybridized carbons (Fsp3) is 0.909. The van der Waals surface area contributed by atoms with Crippen molar-refractivity contribution in [3.63, 3.8) is 0 Å². The van der Waals surface area contributed by atoms with Crippen LogP contribution in [0.3, 0.4) is 0 Å². The molecule has 0 aromatic rings. The third-order valence-corrected chi connectivity index (χ3v) is 3.02. The molecule has 1 rings (SSSR count). The summed E-state index contributed by atoms with van der Waals surface area (Å²) in [4.78, 5) is 12.8. The van der Waals surface area contributed by atoms with Crippen LogP contribution in [0.15, 0.2) is 0 Å². The van der Waals surface area contributed by atoms with E-state index in [1.165, 1.54) is 11.9 Å². The highest BCUT2D eigenvalue weighted by Gasteiger charge is 2.28. The van der Waals surface area contributed by atoms with Gasteiger partial charge in [-0.2, -0.15) is 13.2 Å². The van der Waals surface area contributed by atoms with E-state index in [1.807, 2.05) is 0 Å². The third kappa shape index (κ3) is 5.91. The highest BCUT2D eigenvalue weighted by molar-refractivity contribution is 5.76. The average molecular weight is 252 g/mol. The second-order valence-corrected chi connectivity index (χ2v) is 4.60. The molecule has 0 radical (unpaired) electrons. The molecule has 1 aliphatic heterocycles. The van der Waals surface area contributed by atoms with Gasteiger partial charge >= 0.3 is 6.18 Å². The minimum Gasteiger partial charge on any atom is -0.345 e. The molecule has 1 fully saturated rings. The minimum absolute atomic E-state index is 0.192. The van der Waals surface area contributed by atoms with Gasteiger partial charge in [0.25, 0.3) is 0 Å². The fourth-order valence-corrected chi connectivity index (χ4v) is 1.92. The summed E-state index contributed by atoms with van der Waals surface area (Å²) in [6.07, 6.45) is -2.77. The summed E-state index contributed by atoms with van der Waals surface area (Å²) < 4.78 is 36.0. The van der Waals surface area contributed by atoms with E-state index < -0.39 is 12.6 Å². The smallest absolute Gasteiger partial charge is 0.345 e. The molecule has 0 aliphatic carbocycles. The summed E-state index contributed by atoms with van der Waals surface area (Å²) in [7, 11) is 1.43. The van der Waals surface area contributed by atoms with Crippen molar-refractivity contribution >= 4 is 5.91 Å². The van der Waals surface area contributed by atoms with Crippen molar-refractivity contribution in [1.29, 1.82) is 0 Å². The first kappa shape index (κ1) is 14.3. The van der Waals surface area contributed by atoms with E-state index in [1.54, 1.807) is 0 Å². The zero-order valence-electron chi connectivity index (χ0n) is 10.0. The zero-order valence-corrected chi connectivity index (χ0v) is 10.0. The Morgan fingerprint density at radius 1 is 1.47 bits per heavy atom. The van der Waals surface area contributed by atoms with Gasteiger partial charge < -0.3 is 10.2 Å². The summed E-state index contributed by atoms with van der Waals surface area (Å²) in [6, 6.07) is 0. The van der Waals surface area contributed by atoms with E-state index in [-0.39, 0.29) is 18.4 Å². The number of halogens is 3. The van der Waals surface area contributed by atoms with E-state index in [0.717, 1.165) is 25.9 Å². The van der Waals surface area contributed by atoms with Crippen LogP contribution in [0.4, 0.5) is 13.2 Å². The molecule has 0 bridgehead atoms. The summed E-state index contributed by atoms with van der Waals surface area (Å²) in [5.41, 5.74) is 0. The van der Waals surface area contributed by atoms with Crippen molar-refractivity contribution in [3.05, 3.63) is 0 Å². The molecule has 0 spiro atoms. The molecule has 1 atom stereocenters. The zero-order chi connectivity index (χ0) is 12.9. The van der Waals surface area contributed by atoms with Gasteiger partial charge in [0, 0.05) is 20.0 Å². The highest BCUT2D eigenvalue weighted by atomic mass is 19.4. The van der Waals surface area contributed by atoms with Crippen LogP contribution in [0.1, 0.15) is 25.7 Å². The van der Waals surface area contributed by atoms with E-state index in [9.17, 15) is 18.0 Å². The lowest BCUT2D eigenvalue weighted by atomic mass is 9.96. The Morgan fingerprint density at radius 3 is 2.71 bits per heavy atom. The van der Waals surface area contributed by atoms with Crippen LogP contribution in [0.25, 0.3) is 0 Å². The lowest BCUT2D eigenvalue weighted by molar-refractivity contribution is -0.144. The third-order valence-electron chi connectivity index (χ3n) is 3.02. The molecule has 0 saturated carbocycles. The summed E-state index contributed by atoms with van der Waals surface area (Å²) >= 11 is 0. The standard InChI is InChI=1S/C11H19F3N2O/c1-16(6-4-11(12,13)14)10(17)7-9-3-2-5-15-8-9/h9,15H,2-8H2,1H3. The molecule has 1 N–H and O–H groups in total. The van der Waals surface area contributed by atoms with Crippen molar-refractivity contribution in [2.24, 2.45) is 5.92 Å². The van der Waals surface area contributed by atoms with Crippen molar-refractivity contribution in [1.82, 2.24) is 10.2 Å². The van der Waals surface area contributed by atoms with Gasteiger partial charge in [0.15, 0.2) is 0 Å². The predicted molar refractivity (Wildman–Crippen MR) is 58.5 cm³/mol. The summed E-state index contributed by atoms with van der Waals surface area (Å²) in [5, 5.41) is 3.18. The highest BCUT2D eigenvalue weighted by Crippen LogP contribution is 2.20. The molecular formula is C11H19F3N2O. The molecule has 0 aromatic carbocycles. The number of alkyl halides is 3. The lowest BCUT2D eigenvalue weighted by Crippen LogP contribution is -2.36. The van der Waals surface area contributed by atoms with Gasteiger partial charge in [-0.1, -0.05) is 0 Å². The SMILES string of the molecule is CN(CCC(F)(F)F)C(=O)CC1CCCNC1. The van der Waals surface area contributed by atoms with Gasteiger partial charge in [0.1, 0.15) is 0 Å². The number of carbonyl (C=O) groups is 1. The first-order valence-corrected chi connectivity index (χ1v) is 5.90. The van der Waals surface area contributed by atoms with Crippen LogP contribution in [-0.4, -0.2) is 43.7 Å². The van der Waals surface area contributed by atoms with Crippen molar-refractivity contribution in [3.8, 4) is 0 Å². The Bertz CT molecular complexity index is 250. The summed E-state index contributed by atoms with van der Waals surface area (Å²) in [6.45, 7) is 1.51. The summed E-state index contributed by atoms with van der Waals surface area (Å²) in [5.74, 6) is 0.0764. The van der Waals surface area contributed by atoms with Crippen LogP contribution in [0, 0.1) is 5.92 Å². The number of nitrogens with zero attached hydrogens (tertiary/aromatic N) is 1. The van der Waals surface area contributed by atoms with Gasteiger partial charge in [-0.05, 0) is 31.8 Å². The first-order chi connectivity index (χ1) is 7.88. The largest absolute Gasteiger partial charge is 0.390 e. The number of carbonyl (C=O) groups excluding carboxylic acids is 1. The maximum atomic E-state index is 12.0. The molecule has 100 valence electrons. The van der Waals surface area contributed by atoms with Crippen LogP contribution < -0.4 is 5.32 Å². The van der Waals surface area contributed by atoms with E-state index in [4.69, 9.17) is 0 Å². The number of piperidine rings is 1. The molecule has 3 nitrogen and oxygen atoms in total. The van der Waals surface area contributed by atoms with E-state index in [2.05, 4.69) is 5.32 Å². The Balaban J connectivity index is 2.26. The Labute approximate surface area is 99.4 Å². The number of rotatable bonds is 4. The molecule has 1 unspecified atom stereocenters. The van der Waals surface area contributed by atoms with Gasteiger partial charge in [-0.25, -0.2) is 0 Å². The fourth-order valence-electron chi connectivity index (χ4n) is 1.92. The molecule has 6 heteroatoms. The second-order valence-electron chi connectivity index (χ2n) is 4.60. The van der Waals surface area contributed by atoms with Gasteiger partial charge in [0.2, 0.25) is 5.91 Å². The topological polar surface area (TPSA) is 32.3 Å². The first-order valence-electron chi connectivity index (χ1n) is 5.90. The number of nitrogens with one attached hydrogen (secondary N) is 1. The van der Waals surface area contributed by atoms with Gasteiger partial charge in [-0.3, -0.25) is 4.79 Å². The predicted octanol–water partition coefficient (Wildman–Crippen LogP) is 1.79. The minimum atomic E-state index is -4.19. The molecular weight excluding hydrogens is 233 g/mol. The lowest BCUT2D eigenvalue weighted by Gasteiger charge is -2.25. The number of amides is 1. The van der Waals surface area contributed by atoms with Crippen LogP contribution in [-0.2, 0) is 4.79 Å². The van der Waals surface area contributed by atoms with Gasteiger partial charge in [0.05, 0.1) is 6.42 Å². The molecule has 17 heavy (non-hydrogen) atoms. The number of hydrogen-bond acceptors (Lipinski definition) is 2. The van der Waals surface area contributed by atoms with Crippen molar-refractivity contribution in [2.45, 2.75) is 31.9 Å².